The lowest BCUT2D eigenvalue weighted by molar-refractivity contribution is -0.139. The molecule has 0 saturated heterocycles. The van der Waals surface area contributed by atoms with Crippen LogP contribution in [-0.2, 0) is 30.8 Å². The van der Waals surface area contributed by atoms with Gasteiger partial charge in [-0.25, -0.2) is 15.1 Å². The Balaban J connectivity index is 2.20. The Morgan fingerprint density at radius 2 is 1.64 bits per heavy atom. The van der Waals surface area contributed by atoms with Crippen molar-refractivity contribution in [3.05, 3.63) is 22.3 Å². The molecule has 13 heteroatoms. The van der Waals surface area contributed by atoms with E-state index in [9.17, 15) is 23.1 Å². The fraction of sp³-hybridized carbons (Fsp3) is 0.690. The summed E-state index contributed by atoms with van der Waals surface area (Å²) in [5.74, 6) is -0.544. The number of sulfonamides is 1. The van der Waals surface area contributed by atoms with Crippen molar-refractivity contribution < 1.29 is 37.4 Å². The number of carboxylic acid groups (broad SMARTS) is 1. The second kappa shape index (κ2) is 13.1. The van der Waals surface area contributed by atoms with Crippen LogP contribution in [0.3, 0.4) is 0 Å². The summed E-state index contributed by atoms with van der Waals surface area (Å²) in [5, 5.41) is 14.8. The Labute approximate surface area is 250 Å². The number of carbonyl (C=O) groups excluding carboxylic acids is 1. The third-order valence-corrected chi connectivity index (χ3v) is 7.97. The summed E-state index contributed by atoms with van der Waals surface area (Å²) in [4.78, 5) is 29.4. The van der Waals surface area contributed by atoms with Gasteiger partial charge >= 0.3 is 12.1 Å². The maximum absolute atomic E-state index is 13.7. The largest absolute Gasteiger partial charge is 0.487 e. The molecule has 12 nitrogen and oxygen atoms in total. The predicted octanol–water partition coefficient (Wildman–Crippen LogP) is 4.43. The van der Waals surface area contributed by atoms with Gasteiger partial charge in [0, 0.05) is 18.5 Å². The number of guanidine groups is 1. The summed E-state index contributed by atoms with van der Waals surface area (Å²) < 4.78 is 42.7. The molecule has 1 heterocycles. The van der Waals surface area contributed by atoms with E-state index in [4.69, 9.17) is 14.3 Å². The van der Waals surface area contributed by atoms with Crippen LogP contribution in [0.25, 0.3) is 0 Å². The lowest BCUT2D eigenvalue weighted by Crippen LogP contribution is -2.44. The quantitative estimate of drug-likeness (QED) is 0.129. The van der Waals surface area contributed by atoms with Crippen molar-refractivity contribution in [1.29, 1.82) is 0 Å². The minimum absolute atomic E-state index is 0.0971. The maximum atomic E-state index is 13.7. The predicted molar refractivity (Wildman–Crippen MR) is 160 cm³/mol. The van der Waals surface area contributed by atoms with Crippen molar-refractivity contribution in [2.24, 2.45) is 4.40 Å². The zero-order valence-electron chi connectivity index (χ0n) is 26.8. The van der Waals surface area contributed by atoms with Gasteiger partial charge in [-0.3, -0.25) is 4.84 Å². The molecule has 1 amide bonds. The molecular weight excluding hydrogens is 564 g/mol. The van der Waals surface area contributed by atoms with E-state index in [1.54, 1.807) is 55.4 Å². The molecule has 238 valence electrons. The van der Waals surface area contributed by atoms with E-state index in [1.807, 2.05) is 20.8 Å². The van der Waals surface area contributed by atoms with Gasteiger partial charge in [-0.05, 0) is 112 Å². The zero-order chi connectivity index (χ0) is 32.3. The van der Waals surface area contributed by atoms with Crippen molar-refractivity contribution in [1.82, 2.24) is 16.1 Å². The number of carboxylic acids is 1. The second-order valence-corrected chi connectivity index (χ2v) is 14.8. The van der Waals surface area contributed by atoms with Gasteiger partial charge in [-0.2, -0.15) is 8.42 Å². The first-order valence-electron chi connectivity index (χ1n) is 14.1. The molecular formula is C29H48N4O8S. The molecule has 0 spiro atoms. The second-order valence-electron chi connectivity index (χ2n) is 13.2. The minimum Gasteiger partial charge on any atom is -0.487 e. The Hall–Kier alpha value is -3.06. The fourth-order valence-electron chi connectivity index (χ4n) is 4.47. The molecule has 1 aromatic rings. The van der Waals surface area contributed by atoms with Crippen LogP contribution in [0, 0.1) is 20.8 Å². The number of fused-ring (bicyclic) bond motifs is 1. The average molecular weight is 613 g/mol. The van der Waals surface area contributed by atoms with E-state index < -0.39 is 44.9 Å². The molecule has 1 aliphatic rings. The highest BCUT2D eigenvalue weighted by Gasteiger charge is 2.36. The highest BCUT2D eigenvalue weighted by Crippen LogP contribution is 2.44. The average Bonchev–Trinajstić information content (AvgIpc) is 3.13. The van der Waals surface area contributed by atoms with Gasteiger partial charge < -0.3 is 25.2 Å². The van der Waals surface area contributed by atoms with Gasteiger partial charge in [0.1, 0.15) is 23.0 Å². The summed E-state index contributed by atoms with van der Waals surface area (Å²) in [6.07, 6.45) is 0.797. The number of benzene rings is 1. The highest BCUT2D eigenvalue weighted by molar-refractivity contribution is 7.90. The van der Waals surface area contributed by atoms with Crippen molar-refractivity contribution >= 4 is 28.0 Å². The number of hydrogen-bond acceptors (Lipinski definition) is 7. The van der Waals surface area contributed by atoms with E-state index >= 15 is 0 Å². The number of carbonyl (C=O) groups is 2. The number of ether oxygens (including phenoxy) is 2. The van der Waals surface area contributed by atoms with Crippen molar-refractivity contribution in [2.45, 2.75) is 130 Å². The summed E-state index contributed by atoms with van der Waals surface area (Å²) in [6.45, 7) is 20.0. The third-order valence-electron chi connectivity index (χ3n) is 6.42. The van der Waals surface area contributed by atoms with Crippen LogP contribution in [0.1, 0.15) is 96.9 Å². The molecule has 1 aromatic carbocycles. The summed E-state index contributed by atoms with van der Waals surface area (Å²) >= 11 is 0. The Morgan fingerprint density at radius 1 is 1.02 bits per heavy atom. The fourth-order valence-corrected chi connectivity index (χ4v) is 5.96. The summed E-state index contributed by atoms with van der Waals surface area (Å²) in [5.41, 5.74) is 3.60. The Bertz CT molecular complexity index is 1310. The molecule has 0 aromatic heterocycles. The molecule has 2 rings (SSSR count). The highest BCUT2D eigenvalue weighted by atomic mass is 32.2. The van der Waals surface area contributed by atoms with Crippen molar-refractivity contribution in [2.75, 3.05) is 6.54 Å². The first-order chi connectivity index (χ1) is 19.0. The van der Waals surface area contributed by atoms with Crippen LogP contribution in [0.2, 0.25) is 0 Å². The molecule has 0 unspecified atom stereocenters. The van der Waals surface area contributed by atoms with Crippen LogP contribution in [-0.4, -0.2) is 60.9 Å². The van der Waals surface area contributed by atoms with Gasteiger partial charge in [-0.1, -0.05) is 0 Å². The van der Waals surface area contributed by atoms with E-state index in [0.29, 0.717) is 30.4 Å². The van der Waals surface area contributed by atoms with E-state index in [2.05, 4.69) is 20.5 Å². The number of alkyl carbamates (subject to hydrolysis) is 1. The van der Waals surface area contributed by atoms with Crippen LogP contribution in [0.15, 0.2) is 9.29 Å². The molecule has 42 heavy (non-hydrogen) atoms. The first-order valence-corrected chi connectivity index (χ1v) is 15.5. The van der Waals surface area contributed by atoms with Gasteiger partial charge in [0.25, 0.3) is 10.0 Å². The Kier molecular flexibility index (Phi) is 10.9. The smallest absolute Gasteiger partial charge is 0.408 e. The maximum Gasteiger partial charge on any atom is 0.408 e. The van der Waals surface area contributed by atoms with Gasteiger partial charge in [-0.15, -0.1) is 4.40 Å². The van der Waals surface area contributed by atoms with E-state index in [-0.39, 0.29) is 23.8 Å². The minimum atomic E-state index is -4.18. The zero-order valence-corrected chi connectivity index (χ0v) is 27.6. The lowest BCUT2D eigenvalue weighted by atomic mass is 9.94. The standard InChI is InChI=1S/C29H48N4O8S/c1-17-18(2)23(19(3)20-16-29(10,11)39-22(17)20)42(37,38)33-25(32-41-28(7,8)9)30-15-13-12-14-21(24(34)35)31-26(36)40-27(4,5)6/h21H,12-16H2,1-11H3,(H,31,36)(H,34,35)(H2,30,32,33)/t21-/m0/s1. The van der Waals surface area contributed by atoms with Gasteiger partial charge in [0.2, 0.25) is 5.96 Å². The van der Waals surface area contributed by atoms with Crippen LogP contribution < -0.4 is 20.9 Å². The van der Waals surface area contributed by atoms with E-state index in [0.717, 1.165) is 16.9 Å². The van der Waals surface area contributed by atoms with Crippen molar-refractivity contribution in [3.8, 4) is 5.75 Å². The molecule has 0 fully saturated rings. The number of rotatable bonds is 10. The molecule has 0 saturated carbocycles. The van der Waals surface area contributed by atoms with Crippen molar-refractivity contribution in [3.63, 3.8) is 0 Å². The molecule has 1 atom stereocenters. The molecule has 0 bridgehead atoms. The molecule has 4 N–H and O–H groups in total. The van der Waals surface area contributed by atoms with Gasteiger partial charge in [0.15, 0.2) is 0 Å². The number of nitrogens with one attached hydrogen (secondary N) is 3. The van der Waals surface area contributed by atoms with Crippen LogP contribution in [0.5, 0.6) is 5.75 Å². The molecule has 0 radical (unpaired) electrons. The normalized spacial score (nSPS) is 15.8. The van der Waals surface area contributed by atoms with E-state index in [1.165, 1.54) is 0 Å². The number of unbranched alkanes of at least 4 members (excludes halogenated alkanes) is 1. The van der Waals surface area contributed by atoms with Crippen LogP contribution >= 0.6 is 0 Å². The topological polar surface area (TPSA) is 165 Å². The lowest BCUT2D eigenvalue weighted by Gasteiger charge is -2.22. The number of amides is 1. The SMILES string of the molecule is Cc1c(C)c(S(=O)(=O)N=C(NCCCC[C@H](NC(=O)OC(C)(C)C)C(=O)O)NOC(C)(C)C)c(C)c2c1OC(C)(C)C2. The monoisotopic (exact) mass is 612 g/mol. The number of hydroxylamine groups is 1. The summed E-state index contributed by atoms with van der Waals surface area (Å²) in [7, 11) is -4.18. The van der Waals surface area contributed by atoms with Gasteiger partial charge in [0.05, 0.1) is 10.5 Å². The third kappa shape index (κ3) is 10.0. The van der Waals surface area contributed by atoms with Crippen LogP contribution in [0.4, 0.5) is 4.79 Å². The molecule has 1 aliphatic heterocycles. The first kappa shape index (κ1) is 35.1. The Morgan fingerprint density at radius 3 is 2.19 bits per heavy atom. The number of nitrogens with zero attached hydrogens (tertiary/aromatic N) is 1. The number of hydrogen-bond donors (Lipinski definition) is 4. The molecule has 0 aliphatic carbocycles. The summed E-state index contributed by atoms with van der Waals surface area (Å²) in [6, 6.07) is -1.13. The number of aliphatic carboxylic acids is 1.